The third-order valence-corrected chi connectivity index (χ3v) is 6.25. The van der Waals surface area contributed by atoms with Gasteiger partial charge in [0.15, 0.2) is 0 Å². The summed E-state index contributed by atoms with van der Waals surface area (Å²) >= 11 is 0. The molecule has 2 heterocycles. The zero-order chi connectivity index (χ0) is 21.5. The standard InChI is InChI=1S/C25H30N2O4/c28-19-31-25(29)23-9-5-11-26(17-23)12-14-30-15-13-27-18-22-8-2-1-6-20(22)16-21-7-3-4-10-24(21)27/h1-4,6-8,10,19,23H,5,9,11-18H2/t23-/m1/s1. The smallest absolute Gasteiger partial charge is 0.317 e. The molecule has 0 N–H and O–H groups in total. The van der Waals surface area contributed by atoms with Crippen LogP contribution in [0.15, 0.2) is 48.5 Å². The number of likely N-dealkylation sites (tertiary alicyclic amines) is 1. The van der Waals surface area contributed by atoms with Crippen molar-refractivity contribution < 1.29 is 19.1 Å². The van der Waals surface area contributed by atoms with Crippen LogP contribution in [0.5, 0.6) is 0 Å². The third-order valence-electron chi connectivity index (χ3n) is 6.25. The molecule has 164 valence electrons. The number of nitrogens with zero attached hydrogens (tertiary/aromatic N) is 2. The Morgan fingerprint density at radius 3 is 2.58 bits per heavy atom. The van der Waals surface area contributed by atoms with Gasteiger partial charge >= 0.3 is 12.4 Å². The molecule has 0 unspecified atom stereocenters. The van der Waals surface area contributed by atoms with Crippen molar-refractivity contribution in [1.82, 2.24) is 4.90 Å². The molecule has 0 saturated carbocycles. The molecule has 2 aromatic rings. The van der Waals surface area contributed by atoms with Crippen LogP contribution < -0.4 is 4.90 Å². The number of hydrogen-bond donors (Lipinski definition) is 0. The van der Waals surface area contributed by atoms with Gasteiger partial charge in [-0.15, -0.1) is 0 Å². The number of piperidine rings is 1. The number of benzene rings is 2. The Kier molecular flexibility index (Phi) is 7.33. The maximum atomic E-state index is 11.8. The normalized spacial score (nSPS) is 18.6. The van der Waals surface area contributed by atoms with E-state index in [1.165, 1.54) is 22.4 Å². The topological polar surface area (TPSA) is 59.1 Å². The highest BCUT2D eigenvalue weighted by Gasteiger charge is 2.26. The number of ether oxygens (including phenoxy) is 2. The number of esters is 1. The van der Waals surface area contributed by atoms with Crippen molar-refractivity contribution in [2.24, 2.45) is 5.92 Å². The fraction of sp³-hybridized carbons (Fsp3) is 0.440. The van der Waals surface area contributed by atoms with E-state index in [9.17, 15) is 9.59 Å². The second-order valence-electron chi connectivity index (χ2n) is 8.28. The molecule has 1 fully saturated rings. The molecule has 2 aromatic carbocycles. The average molecular weight is 423 g/mol. The third kappa shape index (κ3) is 5.51. The van der Waals surface area contributed by atoms with Gasteiger partial charge in [-0.25, -0.2) is 0 Å². The highest BCUT2D eigenvalue weighted by atomic mass is 16.6. The van der Waals surface area contributed by atoms with Crippen molar-refractivity contribution in [2.45, 2.75) is 25.8 Å². The maximum absolute atomic E-state index is 11.8. The van der Waals surface area contributed by atoms with E-state index in [-0.39, 0.29) is 12.4 Å². The van der Waals surface area contributed by atoms with Gasteiger partial charge in [0.05, 0.1) is 19.1 Å². The van der Waals surface area contributed by atoms with Gasteiger partial charge < -0.3 is 19.3 Å². The van der Waals surface area contributed by atoms with Crippen LogP contribution in [0.1, 0.15) is 29.5 Å². The van der Waals surface area contributed by atoms with Crippen LogP contribution in [0, 0.1) is 5.92 Å². The summed E-state index contributed by atoms with van der Waals surface area (Å²) in [7, 11) is 0. The quantitative estimate of drug-likeness (QED) is 0.282. The zero-order valence-electron chi connectivity index (χ0n) is 17.9. The number of para-hydroxylation sites is 1. The van der Waals surface area contributed by atoms with E-state index < -0.39 is 5.97 Å². The summed E-state index contributed by atoms with van der Waals surface area (Å²) in [6, 6.07) is 17.3. The Bertz CT molecular complexity index is 901. The van der Waals surface area contributed by atoms with E-state index >= 15 is 0 Å². The molecule has 4 rings (SSSR count). The second kappa shape index (κ2) is 10.6. The number of rotatable bonds is 8. The minimum atomic E-state index is -0.416. The molecular weight excluding hydrogens is 392 g/mol. The predicted octanol–water partition coefficient (Wildman–Crippen LogP) is 3.03. The van der Waals surface area contributed by atoms with Crippen LogP contribution in [-0.2, 0) is 32.0 Å². The van der Waals surface area contributed by atoms with Gasteiger partial charge in [0.25, 0.3) is 0 Å². The highest BCUT2D eigenvalue weighted by molar-refractivity contribution is 5.78. The molecule has 31 heavy (non-hydrogen) atoms. The SMILES string of the molecule is O=COC(=O)[C@@H]1CCCN(CCOCCN2Cc3ccccc3Cc3ccccc32)C1. The van der Waals surface area contributed by atoms with Gasteiger partial charge in [-0.1, -0.05) is 42.5 Å². The molecule has 6 heteroatoms. The van der Waals surface area contributed by atoms with Crippen molar-refractivity contribution in [2.75, 3.05) is 44.3 Å². The number of hydrogen-bond acceptors (Lipinski definition) is 6. The van der Waals surface area contributed by atoms with Crippen LogP contribution in [0.2, 0.25) is 0 Å². The minimum Gasteiger partial charge on any atom is -0.395 e. The first-order valence-corrected chi connectivity index (χ1v) is 11.1. The van der Waals surface area contributed by atoms with Gasteiger partial charge in [-0.05, 0) is 48.6 Å². The van der Waals surface area contributed by atoms with Crippen molar-refractivity contribution >= 4 is 18.1 Å². The van der Waals surface area contributed by atoms with E-state index in [0.717, 1.165) is 45.4 Å². The molecule has 0 bridgehead atoms. The Hall–Kier alpha value is -2.70. The van der Waals surface area contributed by atoms with Crippen LogP contribution in [0.25, 0.3) is 0 Å². The first kappa shape index (κ1) is 21.5. The highest BCUT2D eigenvalue weighted by Crippen LogP contribution is 2.30. The molecule has 2 aliphatic rings. The van der Waals surface area contributed by atoms with Crippen LogP contribution in [0.4, 0.5) is 5.69 Å². The number of fused-ring (bicyclic) bond motifs is 2. The Morgan fingerprint density at radius 2 is 1.74 bits per heavy atom. The molecule has 2 aliphatic heterocycles. The van der Waals surface area contributed by atoms with Gasteiger partial charge in [0.1, 0.15) is 0 Å². The van der Waals surface area contributed by atoms with Gasteiger partial charge in [0, 0.05) is 31.9 Å². The summed E-state index contributed by atoms with van der Waals surface area (Å²) in [5.74, 6) is -0.631. The number of carbonyl (C=O) groups is 2. The molecular formula is C25H30N2O4. The summed E-state index contributed by atoms with van der Waals surface area (Å²) in [6.07, 6.45) is 2.68. The number of carbonyl (C=O) groups excluding carboxylic acids is 2. The molecule has 1 atom stereocenters. The summed E-state index contributed by atoms with van der Waals surface area (Å²) in [6.45, 7) is 5.59. The fourth-order valence-electron chi connectivity index (χ4n) is 4.61. The van der Waals surface area contributed by atoms with Crippen molar-refractivity contribution in [1.29, 1.82) is 0 Å². The zero-order valence-corrected chi connectivity index (χ0v) is 17.9. The Morgan fingerprint density at radius 1 is 1.00 bits per heavy atom. The van der Waals surface area contributed by atoms with E-state index in [4.69, 9.17) is 4.74 Å². The molecule has 0 aliphatic carbocycles. The average Bonchev–Trinajstić information content (AvgIpc) is 2.96. The molecule has 1 saturated heterocycles. The largest absolute Gasteiger partial charge is 0.395 e. The van der Waals surface area contributed by atoms with Crippen molar-refractivity contribution in [3.8, 4) is 0 Å². The summed E-state index contributed by atoms with van der Waals surface area (Å²) in [4.78, 5) is 26.8. The molecule has 0 aromatic heterocycles. The van der Waals surface area contributed by atoms with Crippen molar-refractivity contribution in [3.05, 3.63) is 65.2 Å². The van der Waals surface area contributed by atoms with E-state index in [1.54, 1.807) is 0 Å². The monoisotopic (exact) mass is 422 g/mol. The van der Waals surface area contributed by atoms with E-state index in [1.807, 2.05) is 0 Å². The van der Waals surface area contributed by atoms with E-state index in [2.05, 4.69) is 63.1 Å². The van der Waals surface area contributed by atoms with Gasteiger partial charge in [0.2, 0.25) is 0 Å². The summed E-state index contributed by atoms with van der Waals surface area (Å²) in [5.41, 5.74) is 5.41. The first-order valence-electron chi connectivity index (χ1n) is 11.1. The first-order chi connectivity index (χ1) is 15.2. The fourth-order valence-corrected chi connectivity index (χ4v) is 4.61. The molecule has 6 nitrogen and oxygen atoms in total. The molecule has 0 radical (unpaired) electrons. The summed E-state index contributed by atoms with van der Waals surface area (Å²) in [5, 5.41) is 0. The maximum Gasteiger partial charge on any atom is 0.317 e. The van der Waals surface area contributed by atoms with Crippen molar-refractivity contribution in [3.63, 3.8) is 0 Å². The van der Waals surface area contributed by atoms with Crippen LogP contribution >= 0.6 is 0 Å². The lowest BCUT2D eigenvalue weighted by Crippen LogP contribution is -2.41. The molecule has 0 amide bonds. The molecule has 0 spiro atoms. The lowest BCUT2D eigenvalue weighted by Gasteiger charge is -2.31. The van der Waals surface area contributed by atoms with Crippen LogP contribution in [0.3, 0.4) is 0 Å². The summed E-state index contributed by atoms with van der Waals surface area (Å²) < 4.78 is 10.5. The lowest BCUT2D eigenvalue weighted by molar-refractivity contribution is -0.156. The Labute approximate surface area is 183 Å². The lowest BCUT2D eigenvalue weighted by atomic mass is 9.98. The van der Waals surface area contributed by atoms with Crippen LogP contribution in [-0.4, -0.2) is 56.7 Å². The van der Waals surface area contributed by atoms with Gasteiger partial charge in [-0.3, -0.25) is 9.59 Å². The predicted molar refractivity (Wildman–Crippen MR) is 119 cm³/mol. The Balaban J connectivity index is 1.27. The van der Waals surface area contributed by atoms with E-state index in [0.29, 0.717) is 19.8 Å². The minimum absolute atomic E-state index is 0.215. The van der Waals surface area contributed by atoms with Gasteiger partial charge in [-0.2, -0.15) is 0 Å². The second-order valence-corrected chi connectivity index (χ2v) is 8.28. The number of anilines is 1.